The number of nitrogens with zero attached hydrogens (tertiary/aromatic N) is 4. The zero-order chi connectivity index (χ0) is 23.4. The molecular formula is C25H36N6O2. The number of anilines is 1. The number of piperidine rings is 1. The van der Waals surface area contributed by atoms with Crippen molar-refractivity contribution in [3.05, 3.63) is 40.5 Å². The highest BCUT2D eigenvalue weighted by Crippen LogP contribution is 2.28. The van der Waals surface area contributed by atoms with E-state index in [9.17, 15) is 9.59 Å². The standard InChI is InChI=1S/C25H36N6O2/c1-17-12-18(2)24(19(3)13-17)27-22(32)14-26-23(33)16-30-10-7-8-20(15-30)25-29-28-21-9-5-4-6-11-31(21)25/h12-13,20H,4-11,14-16H2,1-3H3,(H,26,33)(H,27,32). The molecule has 8 heteroatoms. The second-order valence-corrected chi connectivity index (χ2v) is 9.61. The molecule has 8 nitrogen and oxygen atoms in total. The molecule has 2 N–H and O–H groups in total. The zero-order valence-electron chi connectivity index (χ0n) is 20.1. The van der Waals surface area contributed by atoms with Gasteiger partial charge in [0.1, 0.15) is 11.6 Å². The minimum atomic E-state index is -0.207. The van der Waals surface area contributed by atoms with Gasteiger partial charge in [-0.3, -0.25) is 14.5 Å². The molecule has 4 rings (SSSR count). The van der Waals surface area contributed by atoms with Crippen LogP contribution in [0.4, 0.5) is 5.69 Å². The third-order valence-electron chi connectivity index (χ3n) is 6.76. The van der Waals surface area contributed by atoms with Crippen LogP contribution in [0, 0.1) is 20.8 Å². The smallest absolute Gasteiger partial charge is 0.243 e. The first kappa shape index (κ1) is 23.4. The summed E-state index contributed by atoms with van der Waals surface area (Å²) < 4.78 is 2.32. The number of rotatable bonds is 6. The van der Waals surface area contributed by atoms with Gasteiger partial charge in [0.25, 0.3) is 0 Å². The van der Waals surface area contributed by atoms with Crippen molar-refractivity contribution in [2.75, 3.05) is 31.5 Å². The molecule has 3 heterocycles. The van der Waals surface area contributed by atoms with E-state index in [2.05, 4.69) is 30.3 Å². The van der Waals surface area contributed by atoms with Crippen LogP contribution in [0.1, 0.15) is 66.4 Å². The lowest BCUT2D eigenvalue weighted by Crippen LogP contribution is -2.44. The van der Waals surface area contributed by atoms with Crippen molar-refractivity contribution < 1.29 is 9.59 Å². The van der Waals surface area contributed by atoms with E-state index in [0.29, 0.717) is 12.5 Å². The number of aryl methyl sites for hydroxylation is 4. The van der Waals surface area contributed by atoms with Gasteiger partial charge < -0.3 is 15.2 Å². The molecule has 1 atom stereocenters. The van der Waals surface area contributed by atoms with Gasteiger partial charge in [0.15, 0.2) is 0 Å². The van der Waals surface area contributed by atoms with Crippen molar-refractivity contribution in [2.24, 2.45) is 0 Å². The summed E-state index contributed by atoms with van der Waals surface area (Å²) in [6, 6.07) is 4.09. The Bertz CT molecular complexity index is 991. The van der Waals surface area contributed by atoms with E-state index in [4.69, 9.17) is 0 Å². The van der Waals surface area contributed by atoms with Crippen LogP contribution < -0.4 is 10.6 Å². The lowest BCUT2D eigenvalue weighted by atomic mass is 9.97. The maximum Gasteiger partial charge on any atom is 0.243 e. The summed E-state index contributed by atoms with van der Waals surface area (Å²) in [5.41, 5.74) is 4.04. The van der Waals surface area contributed by atoms with E-state index in [1.165, 1.54) is 24.8 Å². The Hall–Kier alpha value is -2.74. The lowest BCUT2D eigenvalue weighted by Gasteiger charge is -2.31. The fourth-order valence-corrected chi connectivity index (χ4v) is 5.22. The highest BCUT2D eigenvalue weighted by Gasteiger charge is 2.28. The highest BCUT2D eigenvalue weighted by molar-refractivity contribution is 5.96. The molecule has 1 saturated heterocycles. The number of nitrogens with one attached hydrogen (secondary N) is 2. The SMILES string of the molecule is Cc1cc(C)c(NC(=O)CNC(=O)CN2CCCC(c3nnc4n3CCCCC4)C2)c(C)c1. The van der Waals surface area contributed by atoms with E-state index >= 15 is 0 Å². The third kappa shape index (κ3) is 5.79. The zero-order valence-corrected chi connectivity index (χ0v) is 20.1. The van der Waals surface area contributed by atoms with Crippen LogP contribution in [0.15, 0.2) is 12.1 Å². The molecule has 0 spiro atoms. The number of aromatic nitrogens is 3. The van der Waals surface area contributed by atoms with E-state index in [1.807, 2.05) is 32.9 Å². The number of benzene rings is 1. The Kier molecular flexibility index (Phi) is 7.42. The summed E-state index contributed by atoms with van der Waals surface area (Å²) in [4.78, 5) is 27.1. The molecule has 2 aliphatic rings. The van der Waals surface area contributed by atoms with Crippen LogP contribution in [0.25, 0.3) is 0 Å². The predicted octanol–water partition coefficient (Wildman–Crippen LogP) is 2.86. The molecule has 0 bridgehead atoms. The number of carbonyl (C=O) groups is 2. The molecule has 0 radical (unpaired) electrons. The van der Waals surface area contributed by atoms with Crippen LogP contribution in [-0.4, -0.2) is 57.7 Å². The fraction of sp³-hybridized carbons (Fsp3) is 0.600. The molecule has 2 amide bonds. The van der Waals surface area contributed by atoms with Gasteiger partial charge in [0, 0.05) is 31.1 Å². The Balaban J connectivity index is 1.28. The summed E-state index contributed by atoms with van der Waals surface area (Å²) in [7, 11) is 0. The van der Waals surface area contributed by atoms with Crippen LogP contribution in [0.5, 0.6) is 0 Å². The Morgan fingerprint density at radius 2 is 1.79 bits per heavy atom. The third-order valence-corrected chi connectivity index (χ3v) is 6.76. The molecule has 33 heavy (non-hydrogen) atoms. The molecule has 0 saturated carbocycles. The van der Waals surface area contributed by atoms with Crippen molar-refractivity contribution in [3.8, 4) is 0 Å². The second kappa shape index (κ2) is 10.5. The topological polar surface area (TPSA) is 92.2 Å². The van der Waals surface area contributed by atoms with Crippen molar-refractivity contribution >= 4 is 17.5 Å². The highest BCUT2D eigenvalue weighted by atomic mass is 16.2. The van der Waals surface area contributed by atoms with Gasteiger partial charge in [-0.2, -0.15) is 0 Å². The molecule has 1 fully saturated rings. The summed E-state index contributed by atoms with van der Waals surface area (Å²) in [5.74, 6) is 2.17. The van der Waals surface area contributed by atoms with E-state index in [1.54, 1.807) is 0 Å². The van der Waals surface area contributed by atoms with Crippen molar-refractivity contribution in [1.29, 1.82) is 0 Å². The molecule has 1 unspecified atom stereocenters. The first-order valence-corrected chi connectivity index (χ1v) is 12.2. The van der Waals surface area contributed by atoms with Crippen molar-refractivity contribution in [2.45, 2.75) is 71.8 Å². The van der Waals surface area contributed by atoms with Crippen LogP contribution >= 0.6 is 0 Å². The van der Waals surface area contributed by atoms with Gasteiger partial charge in [-0.1, -0.05) is 24.1 Å². The molecular weight excluding hydrogens is 416 g/mol. The maximum atomic E-state index is 12.6. The number of hydrogen-bond donors (Lipinski definition) is 2. The number of likely N-dealkylation sites (tertiary alicyclic amines) is 1. The largest absolute Gasteiger partial charge is 0.346 e. The second-order valence-electron chi connectivity index (χ2n) is 9.61. The van der Waals surface area contributed by atoms with E-state index < -0.39 is 0 Å². The Labute approximate surface area is 196 Å². The number of amides is 2. The minimum Gasteiger partial charge on any atom is -0.346 e. The average molecular weight is 453 g/mol. The fourth-order valence-electron chi connectivity index (χ4n) is 5.22. The monoisotopic (exact) mass is 452 g/mol. The molecule has 1 aromatic carbocycles. The van der Waals surface area contributed by atoms with Gasteiger partial charge >= 0.3 is 0 Å². The first-order valence-electron chi connectivity index (χ1n) is 12.2. The van der Waals surface area contributed by atoms with Gasteiger partial charge in [-0.15, -0.1) is 10.2 Å². The lowest BCUT2D eigenvalue weighted by molar-refractivity contribution is -0.125. The normalized spacial score (nSPS) is 18.9. The minimum absolute atomic E-state index is 0.0272. The van der Waals surface area contributed by atoms with E-state index in [0.717, 1.165) is 67.4 Å². The predicted molar refractivity (Wildman–Crippen MR) is 128 cm³/mol. The number of fused-ring (bicyclic) bond motifs is 1. The van der Waals surface area contributed by atoms with Gasteiger partial charge in [0.05, 0.1) is 13.1 Å². The van der Waals surface area contributed by atoms with Crippen LogP contribution in [0.3, 0.4) is 0 Å². The molecule has 178 valence electrons. The summed E-state index contributed by atoms with van der Waals surface area (Å²) >= 11 is 0. The molecule has 2 aromatic rings. The van der Waals surface area contributed by atoms with Crippen molar-refractivity contribution in [1.82, 2.24) is 25.0 Å². The first-order chi connectivity index (χ1) is 15.9. The molecule has 0 aliphatic carbocycles. The maximum absolute atomic E-state index is 12.6. The van der Waals surface area contributed by atoms with Gasteiger partial charge in [0.2, 0.25) is 11.8 Å². The summed E-state index contributed by atoms with van der Waals surface area (Å²) in [5, 5.41) is 14.7. The number of hydrogen-bond acceptors (Lipinski definition) is 5. The van der Waals surface area contributed by atoms with Crippen LogP contribution in [-0.2, 0) is 22.6 Å². The Morgan fingerprint density at radius 3 is 2.58 bits per heavy atom. The number of carbonyl (C=O) groups excluding carboxylic acids is 2. The Morgan fingerprint density at radius 1 is 1.00 bits per heavy atom. The molecule has 1 aromatic heterocycles. The average Bonchev–Trinajstić information content (AvgIpc) is 3.03. The van der Waals surface area contributed by atoms with E-state index in [-0.39, 0.29) is 18.4 Å². The van der Waals surface area contributed by atoms with Crippen molar-refractivity contribution in [3.63, 3.8) is 0 Å². The molecule has 2 aliphatic heterocycles. The summed E-state index contributed by atoms with van der Waals surface area (Å²) in [6.45, 7) is 8.97. The quantitative estimate of drug-likeness (QED) is 0.703. The van der Waals surface area contributed by atoms with Gasteiger partial charge in [-0.05, 0) is 64.1 Å². The summed E-state index contributed by atoms with van der Waals surface area (Å²) in [6.07, 6.45) is 6.73. The van der Waals surface area contributed by atoms with Crippen LogP contribution in [0.2, 0.25) is 0 Å². The van der Waals surface area contributed by atoms with Gasteiger partial charge in [-0.25, -0.2) is 0 Å².